The van der Waals surface area contributed by atoms with Crippen LogP contribution >= 0.6 is 0 Å². The van der Waals surface area contributed by atoms with Crippen LogP contribution in [0.1, 0.15) is 34.1 Å². The predicted molar refractivity (Wildman–Crippen MR) is 73.2 cm³/mol. The molecule has 0 saturated carbocycles. The third kappa shape index (κ3) is 6.51. The van der Waals surface area contributed by atoms with Crippen LogP contribution in [-0.2, 0) is 14.0 Å². The highest BCUT2D eigenvalue weighted by molar-refractivity contribution is 6.70. The molecule has 0 radical (unpaired) electrons. The molecular formula is C13H26O3Si. The number of esters is 1. The van der Waals surface area contributed by atoms with E-state index in [0.717, 1.165) is 11.3 Å². The third-order valence-electron chi connectivity index (χ3n) is 2.11. The maximum absolute atomic E-state index is 11.3. The van der Waals surface area contributed by atoms with Gasteiger partial charge in [-0.05, 0) is 32.1 Å². The van der Waals surface area contributed by atoms with Gasteiger partial charge in [0, 0.05) is 5.41 Å². The van der Waals surface area contributed by atoms with E-state index >= 15 is 0 Å². The van der Waals surface area contributed by atoms with Crippen LogP contribution in [0.15, 0.2) is 11.3 Å². The van der Waals surface area contributed by atoms with E-state index in [1.165, 1.54) is 7.11 Å². The van der Waals surface area contributed by atoms with E-state index < -0.39 is 8.32 Å². The molecule has 0 amide bonds. The number of carbonyl (C=O) groups excluding carboxylic acids is 1. The smallest absolute Gasteiger partial charge is 0.309 e. The average molecular weight is 258 g/mol. The Morgan fingerprint density at radius 2 is 1.65 bits per heavy atom. The van der Waals surface area contributed by atoms with Crippen molar-refractivity contribution in [2.75, 3.05) is 7.11 Å². The molecule has 3 nitrogen and oxygen atoms in total. The quantitative estimate of drug-likeness (QED) is 0.438. The van der Waals surface area contributed by atoms with Crippen molar-refractivity contribution in [1.82, 2.24) is 0 Å². The molecule has 0 aromatic heterocycles. The molecule has 17 heavy (non-hydrogen) atoms. The fourth-order valence-electron chi connectivity index (χ4n) is 1.56. The highest BCUT2D eigenvalue weighted by Gasteiger charge is 2.27. The van der Waals surface area contributed by atoms with Gasteiger partial charge >= 0.3 is 5.97 Å². The fourth-order valence-corrected chi connectivity index (χ4v) is 2.65. The standard InChI is InChI=1S/C13H26O3Si/c1-10(9-11(14)15-5)12(13(2,3)4)16-17(6,7)8/h9H2,1-8H3. The summed E-state index contributed by atoms with van der Waals surface area (Å²) in [5, 5.41) is 0. The zero-order valence-corrected chi connectivity index (χ0v) is 13.4. The van der Waals surface area contributed by atoms with Crippen molar-refractivity contribution in [2.45, 2.75) is 53.8 Å². The van der Waals surface area contributed by atoms with Crippen LogP contribution in [0.3, 0.4) is 0 Å². The Balaban J connectivity index is 5.16. The highest BCUT2D eigenvalue weighted by Crippen LogP contribution is 2.32. The second kappa shape index (κ2) is 5.71. The highest BCUT2D eigenvalue weighted by atomic mass is 28.4. The Kier molecular flexibility index (Phi) is 5.45. The number of carbonyl (C=O) groups is 1. The maximum atomic E-state index is 11.3. The summed E-state index contributed by atoms with van der Waals surface area (Å²) in [5.41, 5.74) is 0.880. The third-order valence-corrected chi connectivity index (χ3v) is 2.93. The zero-order chi connectivity index (χ0) is 13.9. The Bertz CT molecular complexity index is 306. The van der Waals surface area contributed by atoms with Gasteiger partial charge in [-0.3, -0.25) is 4.79 Å². The Hall–Kier alpha value is -0.773. The lowest BCUT2D eigenvalue weighted by atomic mass is 9.90. The zero-order valence-electron chi connectivity index (χ0n) is 12.4. The molecule has 100 valence electrons. The van der Waals surface area contributed by atoms with E-state index in [2.05, 4.69) is 40.4 Å². The topological polar surface area (TPSA) is 35.5 Å². The normalized spacial score (nSPS) is 14.1. The lowest BCUT2D eigenvalue weighted by Gasteiger charge is -2.32. The van der Waals surface area contributed by atoms with Crippen LogP contribution < -0.4 is 0 Å². The molecule has 0 bridgehead atoms. The van der Waals surface area contributed by atoms with Gasteiger partial charge in [-0.25, -0.2) is 0 Å². The number of hydrogen-bond donors (Lipinski definition) is 0. The first-order valence-corrected chi connectivity index (χ1v) is 9.34. The molecule has 0 atom stereocenters. The van der Waals surface area contributed by atoms with Crippen molar-refractivity contribution in [2.24, 2.45) is 5.41 Å². The number of allylic oxidation sites excluding steroid dienone is 1. The largest absolute Gasteiger partial charge is 0.547 e. The van der Waals surface area contributed by atoms with Crippen LogP contribution in [-0.4, -0.2) is 21.4 Å². The molecule has 0 aliphatic rings. The van der Waals surface area contributed by atoms with Gasteiger partial charge < -0.3 is 9.16 Å². The summed E-state index contributed by atoms with van der Waals surface area (Å²) in [4.78, 5) is 11.3. The van der Waals surface area contributed by atoms with Gasteiger partial charge in [0.15, 0.2) is 0 Å². The van der Waals surface area contributed by atoms with Crippen molar-refractivity contribution < 1.29 is 14.0 Å². The van der Waals surface area contributed by atoms with Gasteiger partial charge in [0.25, 0.3) is 0 Å². The number of rotatable bonds is 4. The Morgan fingerprint density at radius 1 is 1.18 bits per heavy atom. The second-order valence-corrected chi connectivity index (χ2v) is 10.8. The van der Waals surface area contributed by atoms with Crippen LogP contribution in [0.4, 0.5) is 0 Å². The van der Waals surface area contributed by atoms with Crippen molar-refractivity contribution in [3.63, 3.8) is 0 Å². The van der Waals surface area contributed by atoms with Gasteiger partial charge in [-0.1, -0.05) is 20.8 Å². The van der Waals surface area contributed by atoms with Crippen molar-refractivity contribution in [3.05, 3.63) is 11.3 Å². The van der Waals surface area contributed by atoms with Gasteiger partial charge in [-0.2, -0.15) is 0 Å². The first kappa shape index (κ1) is 16.2. The minimum absolute atomic E-state index is 0.0849. The van der Waals surface area contributed by atoms with Crippen molar-refractivity contribution >= 4 is 14.3 Å². The molecule has 0 aromatic rings. The van der Waals surface area contributed by atoms with E-state index in [9.17, 15) is 4.79 Å². The number of hydrogen-bond acceptors (Lipinski definition) is 3. The number of ether oxygens (including phenoxy) is 1. The molecule has 0 heterocycles. The Morgan fingerprint density at radius 3 is 1.94 bits per heavy atom. The van der Waals surface area contributed by atoms with Gasteiger partial charge in [0.05, 0.1) is 19.3 Å². The molecule has 0 rings (SSSR count). The van der Waals surface area contributed by atoms with Crippen LogP contribution in [0.5, 0.6) is 0 Å². The predicted octanol–water partition coefficient (Wildman–Crippen LogP) is 3.72. The summed E-state index contributed by atoms with van der Waals surface area (Å²) < 4.78 is 10.8. The summed E-state index contributed by atoms with van der Waals surface area (Å²) >= 11 is 0. The van der Waals surface area contributed by atoms with E-state index in [1.54, 1.807) is 0 Å². The second-order valence-electron chi connectivity index (χ2n) is 6.33. The lowest BCUT2D eigenvalue weighted by Crippen LogP contribution is -2.30. The fraction of sp³-hybridized carbons (Fsp3) is 0.769. The molecule has 0 aliphatic heterocycles. The van der Waals surface area contributed by atoms with Crippen LogP contribution in [0, 0.1) is 5.41 Å². The van der Waals surface area contributed by atoms with Gasteiger partial charge in [0.2, 0.25) is 8.32 Å². The summed E-state index contributed by atoms with van der Waals surface area (Å²) in [6.45, 7) is 14.7. The van der Waals surface area contributed by atoms with E-state index in [-0.39, 0.29) is 11.4 Å². The summed E-state index contributed by atoms with van der Waals surface area (Å²) in [5.74, 6) is 0.713. The Labute approximate surface area is 106 Å². The number of methoxy groups -OCH3 is 1. The van der Waals surface area contributed by atoms with Gasteiger partial charge in [-0.15, -0.1) is 0 Å². The van der Waals surface area contributed by atoms with E-state index in [0.29, 0.717) is 6.42 Å². The summed E-state index contributed by atoms with van der Waals surface area (Å²) in [6, 6.07) is 0. The van der Waals surface area contributed by atoms with Crippen LogP contribution in [0.25, 0.3) is 0 Å². The molecule has 0 N–H and O–H groups in total. The monoisotopic (exact) mass is 258 g/mol. The van der Waals surface area contributed by atoms with Gasteiger partial charge in [0.1, 0.15) is 0 Å². The van der Waals surface area contributed by atoms with Crippen molar-refractivity contribution in [3.8, 4) is 0 Å². The first-order chi connectivity index (χ1) is 7.47. The van der Waals surface area contributed by atoms with Crippen LogP contribution in [0.2, 0.25) is 19.6 Å². The molecule has 0 aromatic carbocycles. The van der Waals surface area contributed by atoms with E-state index in [4.69, 9.17) is 9.16 Å². The molecule has 0 saturated heterocycles. The summed E-state index contributed by atoms with van der Waals surface area (Å²) in [6.07, 6.45) is 0.299. The van der Waals surface area contributed by atoms with E-state index in [1.807, 2.05) is 6.92 Å². The summed E-state index contributed by atoms with van der Waals surface area (Å²) in [7, 11) is -0.256. The molecule has 0 aliphatic carbocycles. The molecular weight excluding hydrogens is 232 g/mol. The maximum Gasteiger partial charge on any atom is 0.309 e. The SMILES string of the molecule is COC(=O)CC(C)=C(O[Si](C)(C)C)C(C)(C)C. The minimum atomic E-state index is -1.66. The molecule has 0 unspecified atom stereocenters. The minimum Gasteiger partial charge on any atom is -0.547 e. The molecule has 0 fully saturated rings. The average Bonchev–Trinajstić information content (AvgIpc) is 2.10. The molecule has 4 heteroatoms. The van der Waals surface area contributed by atoms with Crippen molar-refractivity contribution in [1.29, 1.82) is 0 Å². The first-order valence-electron chi connectivity index (χ1n) is 5.93. The lowest BCUT2D eigenvalue weighted by molar-refractivity contribution is -0.139. The molecule has 0 spiro atoms.